The van der Waals surface area contributed by atoms with Crippen molar-refractivity contribution in [2.24, 2.45) is 11.8 Å². The van der Waals surface area contributed by atoms with Gasteiger partial charge in [-0.3, -0.25) is 14.2 Å². The third-order valence-electron chi connectivity index (χ3n) is 11.1. The fraction of sp³-hybridized carbons (Fsp3) is 0.319. The molecule has 8 heteroatoms. The Hall–Kier alpha value is -4.49. The summed E-state index contributed by atoms with van der Waals surface area (Å²) in [7, 11) is 0. The third-order valence-corrected chi connectivity index (χ3v) is 12.4. The fourth-order valence-corrected chi connectivity index (χ4v) is 9.29. The number of hydrogen-bond donors (Lipinski definition) is 1. The molecule has 6 nitrogen and oxygen atoms in total. The van der Waals surface area contributed by atoms with E-state index in [-0.39, 0.29) is 43.5 Å². The summed E-state index contributed by atoms with van der Waals surface area (Å²) in [6.07, 6.45) is 6.60. The Morgan fingerprint density at radius 3 is 2.22 bits per heavy atom. The zero-order valence-electron chi connectivity index (χ0n) is 33.0. The zero-order chi connectivity index (χ0) is 38.3. The standard InChI is InChI=1S/C34H25N4S.C13H24O2.Ir/c1-18(2)27-16-22(15-21-9-5-6-10-23(21)27)30-34-29(35-17-36-30)19(3)33(39-34)26-14-13-25-24-11-7-8-12-28(24)38-20(4)37-31(26)32(25)38;1-5-10(6-2)12(14)9-13(15)11(7-3)8-4;/h5-14,16-18H,1-4H3;9-11,14H,5-8H2,1-4H3;/q-1;;/b;12-9-;. The summed E-state index contributed by atoms with van der Waals surface area (Å²) < 4.78 is 3.40. The van der Waals surface area contributed by atoms with E-state index in [0.717, 1.165) is 69.4 Å². The van der Waals surface area contributed by atoms with Gasteiger partial charge in [0.1, 0.15) is 12.2 Å². The number of benzene rings is 4. The van der Waals surface area contributed by atoms with E-state index < -0.39 is 0 Å². The van der Waals surface area contributed by atoms with Gasteiger partial charge >= 0.3 is 0 Å². The van der Waals surface area contributed by atoms with Crippen molar-refractivity contribution in [3.05, 3.63) is 108 Å². The molecule has 8 rings (SSSR count). The summed E-state index contributed by atoms with van der Waals surface area (Å²) in [6, 6.07) is 27.5. The third kappa shape index (κ3) is 7.21. The number of thiophene rings is 1. The van der Waals surface area contributed by atoms with Crippen molar-refractivity contribution in [2.75, 3.05) is 0 Å². The van der Waals surface area contributed by atoms with E-state index in [1.165, 1.54) is 49.3 Å². The average Bonchev–Trinajstić information content (AvgIpc) is 3.83. The number of carbonyl (C=O) groups is 1. The molecule has 0 saturated heterocycles. The van der Waals surface area contributed by atoms with Crippen LogP contribution >= 0.6 is 11.3 Å². The Kier molecular flexibility index (Phi) is 12.2. The first-order chi connectivity index (χ1) is 26.1. The van der Waals surface area contributed by atoms with Gasteiger partial charge in [-0.25, -0.2) is 9.97 Å². The second-order valence-electron chi connectivity index (χ2n) is 14.7. The van der Waals surface area contributed by atoms with Crippen LogP contribution in [0.4, 0.5) is 0 Å². The summed E-state index contributed by atoms with van der Waals surface area (Å²) in [5, 5.41) is 14.6. The summed E-state index contributed by atoms with van der Waals surface area (Å²) >= 11 is 1.76. The average molecular weight is 926 g/mol. The van der Waals surface area contributed by atoms with Crippen LogP contribution in [0.5, 0.6) is 0 Å². The number of carbonyl (C=O) groups excluding carboxylic acids is 1. The first kappa shape index (κ1) is 40.2. The predicted octanol–water partition coefficient (Wildman–Crippen LogP) is 13.0. The van der Waals surface area contributed by atoms with Crippen molar-refractivity contribution in [1.29, 1.82) is 0 Å². The first-order valence-corrected chi connectivity index (χ1v) is 20.2. The molecule has 0 aliphatic rings. The molecule has 55 heavy (non-hydrogen) atoms. The van der Waals surface area contributed by atoms with Gasteiger partial charge in [-0.15, -0.1) is 40.5 Å². The van der Waals surface area contributed by atoms with Crippen molar-refractivity contribution < 1.29 is 30.0 Å². The molecule has 4 heterocycles. The largest absolute Gasteiger partial charge is 0.512 e. The van der Waals surface area contributed by atoms with E-state index >= 15 is 0 Å². The summed E-state index contributed by atoms with van der Waals surface area (Å²) in [5.74, 6) is 1.95. The number of aliphatic hydroxyl groups is 1. The van der Waals surface area contributed by atoms with E-state index in [1.807, 2.05) is 27.7 Å². The van der Waals surface area contributed by atoms with Gasteiger partial charge in [0, 0.05) is 69.6 Å². The molecule has 1 radical (unpaired) electrons. The molecule has 285 valence electrons. The Morgan fingerprint density at radius 1 is 0.855 bits per heavy atom. The van der Waals surface area contributed by atoms with E-state index in [1.54, 1.807) is 17.7 Å². The maximum atomic E-state index is 11.7. The van der Waals surface area contributed by atoms with Gasteiger partial charge in [0.05, 0.1) is 27.8 Å². The van der Waals surface area contributed by atoms with E-state index in [2.05, 4.69) is 105 Å². The maximum absolute atomic E-state index is 11.7. The molecule has 1 N–H and O–H groups in total. The SMILES string of the molecule is CCC(CC)C(=O)/C=C(\O)C(CC)CC.Cc1c(-c2ccc3c4ccccc4n4c(C)nc2c34)sc2c(-c3[c-]c4ccccc4c(C(C)C)c3)ncnc12.[Ir]. The monoisotopic (exact) mass is 926 g/mol. The molecule has 0 amide bonds. The second kappa shape index (κ2) is 16.7. The van der Waals surface area contributed by atoms with Crippen LogP contribution in [0.25, 0.3) is 70.0 Å². The number of imidazole rings is 1. The van der Waals surface area contributed by atoms with Crippen LogP contribution in [-0.4, -0.2) is 30.2 Å². The van der Waals surface area contributed by atoms with Crippen LogP contribution in [0.15, 0.2) is 84.9 Å². The number of fused-ring (bicyclic) bond motifs is 5. The molecular formula is C47H49IrN4O2S-. The molecule has 0 bridgehead atoms. The number of rotatable bonds is 10. The van der Waals surface area contributed by atoms with Gasteiger partial charge in [-0.1, -0.05) is 101 Å². The minimum atomic E-state index is 0. The summed E-state index contributed by atoms with van der Waals surface area (Å²) in [5.41, 5.74) is 10.0. The van der Waals surface area contributed by atoms with Crippen LogP contribution < -0.4 is 0 Å². The Bertz CT molecular complexity index is 2660. The number of allylic oxidation sites excluding steroid dienone is 2. The van der Waals surface area contributed by atoms with E-state index in [0.29, 0.717) is 5.92 Å². The van der Waals surface area contributed by atoms with Crippen LogP contribution in [0.2, 0.25) is 0 Å². The Morgan fingerprint density at radius 2 is 1.53 bits per heavy atom. The summed E-state index contributed by atoms with van der Waals surface area (Å²) in [6.45, 7) is 16.8. The molecule has 0 aliphatic heterocycles. The summed E-state index contributed by atoms with van der Waals surface area (Å²) in [4.78, 5) is 27.6. The Balaban J connectivity index is 0.000000276. The van der Waals surface area contributed by atoms with Crippen molar-refractivity contribution in [3.8, 4) is 21.7 Å². The minimum Gasteiger partial charge on any atom is -0.512 e. The number of aliphatic hydroxyl groups excluding tert-OH is 1. The topological polar surface area (TPSA) is 80.4 Å². The number of aryl methyl sites for hydroxylation is 2. The van der Waals surface area contributed by atoms with Gasteiger partial charge in [-0.2, -0.15) is 0 Å². The van der Waals surface area contributed by atoms with Crippen molar-refractivity contribution in [1.82, 2.24) is 19.4 Å². The molecule has 8 aromatic rings. The molecule has 4 aromatic carbocycles. The van der Waals surface area contributed by atoms with Crippen molar-refractivity contribution in [2.45, 2.75) is 87.0 Å². The molecule has 0 saturated carbocycles. The van der Waals surface area contributed by atoms with E-state index in [4.69, 9.17) is 15.0 Å². The molecule has 0 fully saturated rings. The van der Waals surface area contributed by atoms with Crippen molar-refractivity contribution in [3.63, 3.8) is 0 Å². The quantitative estimate of drug-likeness (QED) is 0.0840. The van der Waals surface area contributed by atoms with Crippen LogP contribution in [0.3, 0.4) is 0 Å². The van der Waals surface area contributed by atoms with E-state index in [9.17, 15) is 9.90 Å². The normalized spacial score (nSPS) is 12.2. The predicted molar refractivity (Wildman–Crippen MR) is 227 cm³/mol. The zero-order valence-corrected chi connectivity index (χ0v) is 36.2. The molecule has 4 aromatic heterocycles. The smallest absolute Gasteiger partial charge is 0.162 e. The van der Waals surface area contributed by atoms with Crippen LogP contribution in [0, 0.1) is 31.7 Å². The molecule has 0 spiro atoms. The molecular weight excluding hydrogens is 877 g/mol. The minimum absolute atomic E-state index is 0. The number of hydrogen-bond acceptors (Lipinski definition) is 6. The number of ketones is 1. The second-order valence-corrected chi connectivity index (χ2v) is 15.7. The van der Waals surface area contributed by atoms with Crippen molar-refractivity contribution >= 4 is 65.4 Å². The van der Waals surface area contributed by atoms with Gasteiger partial charge in [-0.05, 0) is 57.1 Å². The van der Waals surface area contributed by atoms with Gasteiger partial charge in [0.2, 0.25) is 0 Å². The number of nitrogens with zero attached hydrogens (tertiary/aromatic N) is 4. The molecule has 0 atom stereocenters. The number of aromatic nitrogens is 4. The molecule has 0 aliphatic carbocycles. The van der Waals surface area contributed by atoms with Crippen LogP contribution in [0.1, 0.15) is 90.1 Å². The van der Waals surface area contributed by atoms with Gasteiger partial charge in [0.25, 0.3) is 0 Å². The van der Waals surface area contributed by atoms with Gasteiger partial charge in [0.15, 0.2) is 5.78 Å². The van der Waals surface area contributed by atoms with Gasteiger partial charge < -0.3 is 5.11 Å². The fourth-order valence-electron chi connectivity index (χ4n) is 8.00. The molecule has 0 unspecified atom stereocenters. The maximum Gasteiger partial charge on any atom is 0.162 e. The van der Waals surface area contributed by atoms with Crippen LogP contribution in [-0.2, 0) is 24.9 Å². The Labute approximate surface area is 341 Å². The number of para-hydroxylation sites is 1. The first-order valence-electron chi connectivity index (χ1n) is 19.4.